The molecule has 2 aliphatic heterocycles. The molecule has 0 radical (unpaired) electrons. The van der Waals surface area contributed by atoms with Crippen molar-refractivity contribution in [3.63, 3.8) is 0 Å². The molecule has 7 nitrogen and oxygen atoms in total. The van der Waals surface area contributed by atoms with Crippen molar-refractivity contribution >= 4 is 17.4 Å². The number of Topliss-reactive ketones (excluding diaryl/α,β-unsaturated/α-hetero) is 1. The fourth-order valence-electron chi connectivity index (χ4n) is 4.94. The van der Waals surface area contributed by atoms with Crippen LogP contribution in [0, 0.1) is 0 Å². The van der Waals surface area contributed by atoms with Gasteiger partial charge in [-0.2, -0.15) is 0 Å². The molecule has 2 aromatic carbocycles. The van der Waals surface area contributed by atoms with E-state index in [-0.39, 0.29) is 11.0 Å². The summed E-state index contributed by atoms with van der Waals surface area (Å²) in [6.07, 6.45) is 0.742. The molecule has 36 heavy (non-hydrogen) atoms. The standard InChI is InChI=1S/C29H36N2O5/c1-29(2,3)22-11-9-20(10-12-22)25-24(26(32)21-7-5-8-23(19-21)35-4)27(33)28(34)31(25)14-6-13-30-15-17-36-18-16-30/h5,7-12,19,25,32H,6,13-18H2,1-4H3. The number of morpholine rings is 1. The molecule has 1 atom stereocenters. The van der Waals surface area contributed by atoms with Crippen molar-refractivity contribution in [3.05, 3.63) is 70.8 Å². The number of amides is 1. The Morgan fingerprint density at radius 2 is 1.81 bits per heavy atom. The summed E-state index contributed by atoms with van der Waals surface area (Å²) in [7, 11) is 1.53. The lowest BCUT2D eigenvalue weighted by Gasteiger charge is -2.29. The first-order valence-corrected chi connectivity index (χ1v) is 12.6. The Morgan fingerprint density at radius 3 is 2.44 bits per heavy atom. The Morgan fingerprint density at radius 1 is 1.11 bits per heavy atom. The maximum Gasteiger partial charge on any atom is 0.295 e. The Balaban J connectivity index is 1.70. The van der Waals surface area contributed by atoms with Crippen molar-refractivity contribution in [1.29, 1.82) is 0 Å². The molecule has 1 N–H and O–H groups in total. The highest BCUT2D eigenvalue weighted by molar-refractivity contribution is 6.46. The van der Waals surface area contributed by atoms with Crippen LogP contribution in [0.2, 0.25) is 0 Å². The van der Waals surface area contributed by atoms with Crippen molar-refractivity contribution in [2.75, 3.05) is 46.5 Å². The van der Waals surface area contributed by atoms with Gasteiger partial charge in [0.05, 0.1) is 32.9 Å². The number of hydrogen-bond donors (Lipinski definition) is 1. The molecule has 2 heterocycles. The summed E-state index contributed by atoms with van der Waals surface area (Å²) < 4.78 is 10.7. The molecule has 0 spiro atoms. The minimum absolute atomic E-state index is 0.00970. The van der Waals surface area contributed by atoms with Crippen LogP contribution in [-0.4, -0.2) is 63.1 Å². The first kappa shape index (κ1) is 25.9. The molecule has 2 aromatic rings. The molecular weight excluding hydrogens is 456 g/mol. The highest BCUT2D eigenvalue weighted by Crippen LogP contribution is 2.39. The zero-order valence-electron chi connectivity index (χ0n) is 21.6. The van der Waals surface area contributed by atoms with Crippen molar-refractivity contribution in [1.82, 2.24) is 4.90 Å². The molecule has 7 heteroatoms. The quantitative estimate of drug-likeness (QED) is 0.360. The van der Waals surface area contributed by atoms with Crippen LogP contribution in [0.15, 0.2) is 54.1 Å². The van der Waals surface area contributed by atoms with Crippen molar-refractivity contribution in [3.8, 4) is 5.75 Å². The van der Waals surface area contributed by atoms with Gasteiger partial charge in [-0.15, -0.1) is 0 Å². The number of quaternary nitrogens is 1. The molecule has 192 valence electrons. The second kappa shape index (κ2) is 10.8. The van der Waals surface area contributed by atoms with E-state index in [0.29, 0.717) is 17.9 Å². The van der Waals surface area contributed by atoms with Gasteiger partial charge in [0.15, 0.2) is 0 Å². The number of nitrogens with zero attached hydrogens (tertiary/aromatic N) is 1. The van der Waals surface area contributed by atoms with Gasteiger partial charge in [-0.1, -0.05) is 62.9 Å². The third-order valence-electron chi connectivity index (χ3n) is 7.08. The van der Waals surface area contributed by atoms with Crippen LogP contribution in [0.4, 0.5) is 0 Å². The molecule has 4 rings (SSSR count). The molecule has 2 saturated heterocycles. The summed E-state index contributed by atoms with van der Waals surface area (Å²) in [6.45, 7) is 11.1. The van der Waals surface area contributed by atoms with E-state index in [0.717, 1.165) is 50.4 Å². The zero-order chi connectivity index (χ0) is 25.9. The van der Waals surface area contributed by atoms with E-state index in [1.807, 2.05) is 24.3 Å². The number of carbonyl (C=O) groups is 2. The van der Waals surface area contributed by atoms with E-state index >= 15 is 0 Å². The average molecular weight is 493 g/mol. The molecule has 0 aromatic heterocycles. The predicted molar refractivity (Wildman–Crippen MR) is 136 cm³/mol. The molecule has 2 aliphatic rings. The number of ether oxygens (including phenoxy) is 2. The van der Waals surface area contributed by atoms with Gasteiger partial charge < -0.3 is 24.4 Å². The first-order valence-electron chi connectivity index (χ1n) is 12.6. The lowest BCUT2D eigenvalue weighted by atomic mass is 9.85. The molecule has 0 aliphatic carbocycles. The smallest absolute Gasteiger partial charge is 0.295 e. The number of benzene rings is 2. The molecular formula is C29H36N2O5. The maximum atomic E-state index is 13.6. The Labute approximate surface area is 213 Å². The Bertz CT molecular complexity index is 1130. The molecule has 1 unspecified atom stereocenters. The van der Waals surface area contributed by atoms with E-state index in [2.05, 4.69) is 20.8 Å². The van der Waals surface area contributed by atoms with Gasteiger partial charge in [0.25, 0.3) is 5.91 Å². The number of likely N-dealkylation sites (tertiary alicyclic amines) is 1. The van der Waals surface area contributed by atoms with E-state index < -0.39 is 23.5 Å². The van der Waals surface area contributed by atoms with Crippen LogP contribution in [-0.2, 0) is 19.7 Å². The summed E-state index contributed by atoms with van der Waals surface area (Å²) in [5.41, 5.74) is 2.22. The van der Waals surface area contributed by atoms with Gasteiger partial charge in [-0.05, 0) is 34.2 Å². The third kappa shape index (κ3) is 5.47. The Hall–Kier alpha value is -3.16. The SMILES string of the molecule is COc1cccc(C([O-])=C2C(=O)C(=O)N(CCC[NH+]3CCOCC3)C2c2ccc(C(C)(C)C)cc2)c1. The number of carbonyl (C=O) groups excluding carboxylic acids is 2. The van der Waals surface area contributed by atoms with E-state index in [1.54, 1.807) is 29.2 Å². The molecule has 1 amide bonds. The summed E-state index contributed by atoms with van der Waals surface area (Å²) in [6, 6.07) is 13.9. The van der Waals surface area contributed by atoms with E-state index in [4.69, 9.17) is 9.47 Å². The largest absolute Gasteiger partial charge is 0.872 e. The maximum absolute atomic E-state index is 13.6. The highest BCUT2D eigenvalue weighted by atomic mass is 16.5. The number of nitrogens with one attached hydrogen (secondary N) is 1. The summed E-state index contributed by atoms with van der Waals surface area (Å²) in [4.78, 5) is 29.5. The van der Waals surface area contributed by atoms with Crippen LogP contribution in [0.1, 0.15) is 49.9 Å². The van der Waals surface area contributed by atoms with Crippen molar-refractivity contribution in [2.24, 2.45) is 0 Å². The fraction of sp³-hybridized carbons (Fsp3) is 0.448. The molecule has 2 fully saturated rings. The van der Waals surface area contributed by atoms with Crippen molar-refractivity contribution < 1.29 is 29.1 Å². The highest BCUT2D eigenvalue weighted by Gasteiger charge is 2.44. The number of ketones is 1. The second-order valence-corrected chi connectivity index (χ2v) is 10.5. The minimum atomic E-state index is -0.716. The van der Waals surface area contributed by atoms with Gasteiger partial charge in [0.2, 0.25) is 5.78 Å². The van der Waals surface area contributed by atoms with Crippen LogP contribution < -0.4 is 14.7 Å². The average Bonchev–Trinajstić information content (AvgIpc) is 3.13. The summed E-state index contributed by atoms with van der Waals surface area (Å²) >= 11 is 0. The molecule has 0 saturated carbocycles. The van der Waals surface area contributed by atoms with Crippen LogP contribution in [0.25, 0.3) is 5.76 Å². The number of hydrogen-bond acceptors (Lipinski definition) is 5. The normalized spacial score (nSPS) is 20.7. The predicted octanol–water partition coefficient (Wildman–Crippen LogP) is 1.52. The van der Waals surface area contributed by atoms with E-state index in [1.165, 1.54) is 12.0 Å². The topological polar surface area (TPSA) is 83.3 Å². The van der Waals surface area contributed by atoms with Gasteiger partial charge in [-0.25, -0.2) is 0 Å². The van der Waals surface area contributed by atoms with Crippen LogP contribution >= 0.6 is 0 Å². The summed E-state index contributed by atoms with van der Waals surface area (Å²) in [5.74, 6) is -1.23. The number of rotatable bonds is 7. The second-order valence-electron chi connectivity index (χ2n) is 10.5. The lowest BCUT2D eigenvalue weighted by Crippen LogP contribution is -3.14. The third-order valence-corrected chi connectivity index (χ3v) is 7.08. The van der Waals surface area contributed by atoms with Gasteiger partial charge in [0.1, 0.15) is 18.8 Å². The van der Waals surface area contributed by atoms with Gasteiger partial charge >= 0.3 is 0 Å². The van der Waals surface area contributed by atoms with Crippen molar-refractivity contribution in [2.45, 2.75) is 38.6 Å². The summed E-state index contributed by atoms with van der Waals surface area (Å²) in [5, 5.41) is 13.6. The van der Waals surface area contributed by atoms with Gasteiger partial charge in [-0.3, -0.25) is 9.59 Å². The molecule has 0 bridgehead atoms. The monoisotopic (exact) mass is 492 g/mol. The Kier molecular flexibility index (Phi) is 7.81. The first-order chi connectivity index (χ1) is 17.2. The number of methoxy groups -OCH3 is 1. The van der Waals surface area contributed by atoms with Crippen LogP contribution in [0.3, 0.4) is 0 Å². The van der Waals surface area contributed by atoms with Gasteiger partial charge in [0, 0.05) is 18.5 Å². The zero-order valence-corrected chi connectivity index (χ0v) is 21.6. The van der Waals surface area contributed by atoms with Crippen LogP contribution in [0.5, 0.6) is 5.75 Å². The fourth-order valence-corrected chi connectivity index (χ4v) is 4.94. The van der Waals surface area contributed by atoms with E-state index in [9.17, 15) is 14.7 Å². The minimum Gasteiger partial charge on any atom is -0.872 e. The lowest BCUT2D eigenvalue weighted by molar-refractivity contribution is -0.908.